The molecule has 3 rings (SSSR count). The van der Waals surface area contributed by atoms with Crippen molar-refractivity contribution in [3.8, 4) is 5.69 Å². The van der Waals surface area contributed by atoms with Crippen LogP contribution in [0.15, 0.2) is 66.1 Å². The number of hydrogen-bond acceptors (Lipinski definition) is 5. The van der Waals surface area contributed by atoms with E-state index < -0.39 is 10.0 Å². The Labute approximate surface area is 157 Å². The van der Waals surface area contributed by atoms with E-state index in [1.165, 1.54) is 6.33 Å². The molecule has 27 heavy (non-hydrogen) atoms. The van der Waals surface area contributed by atoms with Gasteiger partial charge in [0.05, 0.1) is 10.6 Å². The Morgan fingerprint density at radius 2 is 1.74 bits per heavy atom. The smallest absolute Gasteiger partial charge is 0.251 e. The van der Waals surface area contributed by atoms with E-state index in [1.54, 1.807) is 59.5 Å². The van der Waals surface area contributed by atoms with Crippen molar-refractivity contribution in [2.75, 3.05) is 13.1 Å². The van der Waals surface area contributed by atoms with Gasteiger partial charge in [0.25, 0.3) is 5.91 Å². The van der Waals surface area contributed by atoms with E-state index in [4.69, 9.17) is 0 Å². The number of aryl methyl sites for hydroxylation is 1. The van der Waals surface area contributed by atoms with Gasteiger partial charge < -0.3 is 5.32 Å². The molecule has 3 aromatic rings. The van der Waals surface area contributed by atoms with E-state index in [0.717, 1.165) is 11.3 Å². The Morgan fingerprint density at radius 1 is 1.04 bits per heavy atom. The van der Waals surface area contributed by atoms with Crippen molar-refractivity contribution in [3.63, 3.8) is 0 Å². The molecule has 9 heteroatoms. The van der Waals surface area contributed by atoms with Gasteiger partial charge in [0.2, 0.25) is 10.0 Å². The highest BCUT2D eigenvalue weighted by atomic mass is 32.2. The minimum atomic E-state index is -3.59. The van der Waals surface area contributed by atoms with Crippen LogP contribution >= 0.6 is 0 Å². The van der Waals surface area contributed by atoms with E-state index in [0.29, 0.717) is 5.56 Å². The number of amides is 1. The van der Waals surface area contributed by atoms with E-state index >= 15 is 0 Å². The number of benzene rings is 2. The number of hydrogen-bond donors (Lipinski definition) is 2. The summed E-state index contributed by atoms with van der Waals surface area (Å²) in [6.07, 6.45) is 2.99. The molecule has 0 aliphatic heterocycles. The second-order valence-electron chi connectivity index (χ2n) is 5.85. The number of rotatable bonds is 7. The monoisotopic (exact) mass is 385 g/mol. The van der Waals surface area contributed by atoms with Gasteiger partial charge in [-0.15, -0.1) is 0 Å². The molecule has 0 aliphatic carbocycles. The second kappa shape index (κ2) is 8.11. The zero-order valence-electron chi connectivity index (χ0n) is 14.7. The first-order valence-electron chi connectivity index (χ1n) is 8.25. The molecule has 8 nitrogen and oxygen atoms in total. The van der Waals surface area contributed by atoms with Crippen LogP contribution in [0, 0.1) is 6.92 Å². The van der Waals surface area contributed by atoms with Crippen molar-refractivity contribution in [1.29, 1.82) is 0 Å². The first kappa shape index (κ1) is 18.7. The number of sulfonamides is 1. The van der Waals surface area contributed by atoms with Crippen LogP contribution in [0.4, 0.5) is 0 Å². The number of carbonyl (C=O) groups excluding carboxylic acids is 1. The molecular formula is C18H19N5O3S. The highest BCUT2D eigenvalue weighted by molar-refractivity contribution is 7.89. The largest absolute Gasteiger partial charge is 0.351 e. The van der Waals surface area contributed by atoms with Crippen LogP contribution in [0.5, 0.6) is 0 Å². The predicted octanol–water partition coefficient (Wildman–Crippen LogP) is 1.28. The molecule has 0 bridgehead atoms. The van der Waals surface area contributed by atoms with Crippen LogP contribution in [0.25, 0.3) is 5.69 Å². The number of carbonyl (C=O) groups is 1. The molecule has 0 aliphatic rings. The molecule has 2 aromatic carbocycles. The molecule has 0 radical (unpaired) electrons. The van der Waals surface area contributed by atoms with Gasteiger partial charge in [0.15, 0.2) is 0 Å². The molecular weight excluding hydrogens is 366 g/mol. The summed E-state index contributed by atoms with van der Waals surface area (Å²) >= 11 is 0. The third-order valence-electron chi connectivity index (χ3n) is 3.85. The van der Waals surface area contributed by atoms with Crippen molar-refractivity contribution < 1.29 is 13.2 Å². The van der Waals surface area contributed by atoms with E-state index in [9.17, 15) is 13.2 Å². The lowest BCUT2D eigenvalue weighted by atomic mass is 10.2. The van der Waals surface area contributed by atoms with Crippen molar-refractivity contribution in [2.45, 2.75) is 11.8 Å². The average molecular weight is 385 g/mol. The molecule has 0 saturated carbocycles. The van der Waals surface area contributed by atoms with Gasteiger partial charge in [-0.25, -0.2) is 22.8 Å². The maximum Gasteiger partial charge on any atom is 0.251 e. The Morgan fingerprint density at radius 3 is 2.37 bits per heavy atom. The van der Waals surface area contributed by atoms with E-state index in [-0.39, 0.29) is 23.9 Å². The Hall–Kier alpha value is -3.04. The summed E-state index contributed by atoms with van der Waals surface area (Å²) in [5.74, 6) is -0.283. The standard InChI is InChI=1S/C18H19N5O3S/c1-14-2-8-17(9-3-14)27(25,26)22-11-10-20-18(24)15-4-6-16(7-5-15)23-13-19-12-21-23/h2-9,12-13,22H,10-11H2,1H3,(H,20,24). The van der Waals surface area contributed by atoms with Crippen LogP contribution in [0.2, 0.25) is 0 Å². The maximum atomic E-state index is 12.2. The van der Waals surface area contributed by atoms with Gasteiger partial charge in [-0.05, 0) is 43.3 Å². The fourth-order valence-corrected chi connectivity index (χ4v) is 3.40. The minimum absolute atomic E-state index is 0.0962. The number of nitrogens with zero attached hydrogens (tertiary/aromatic N) is 3. The SMILES string of the molecule is Cc1ccc(S(=O)(=O)NCCNC(=O)c2ccc(-n3cncn3)cc2)cc1. The van der Waals surface area contributed by atoms with E-state index in [1.807, 2.05) is 6.92 Å². The summed E-state index contributed by atoms with van der Waals surface area (Å²) in [5.41, 5.74) is 2.24. The van der Waals surface area contributed by atoms with Gasteiger partial charge in [0.1, 0.15) is 12.7 Å². The Balaban J connectivity index is 1.50. The van der Waals surface area contributed by atoms with Gasteiger partial charge in [0, 0.05) is 18.7 Å². The summed E-state index contributed by atoms with van der Waals surface area (Å²) in [5, 5.41) is 6.70. The minimum Gasteiger partial charge on any atom is -0.351 e. The lowest BCUT2D eigenvalue weighted by molar-refractivity contribution is 0.0954. The van der Waals surface area contributed by atoms with Crippen LogP contribution in [0.3, 0.4) is 0 Å². The van der Waals surface area contributed by atoms with Crippen molar-refractivity contribution in [2.24, 2.45) is 0 Å². The molecule has 1 aromatic heterocycles. The van der Waals surface area contributed by atoms with Gasteiger partial charge in [-0.1, -0.05) is 17.7 Å². The Bertz CT molecular complexity index is 998. The van der Waals surface area contributed by atoms with Crippen LogP contribution in [-0.2, 0) is 10.0 Å². The maximum absolute atomic E-state index is 12.2. The highest BCUT2D eigenvalue weighted by Gasteiger charge is 2.13. The predicted molar refractivity (Wildman–Crippen MR) is 100 cm³/mol. The highest BCUT2D eigenvalue weighted by Crippen LogP contribution is 2.10. The first-order chi connectivity index (χ1) is 13.0. The van der Waals surface area contributed by atoms with Crippen molar-refractivity contribution in [3.05, 3.63) is 72.3 Å². The lowest BCUT2D eigenvalue weighted by Gasteiger charge is -2.09. The van der Waals surface area contributed by atoms with Crippen LogP contribution < -0.4 is 10.0 Å². The first-order valence-corrected chi connectivity index (χ1v) is 9.74. The molecule has 0 spiro atoms. The summed E-state index contributed by atoms with van der Waals surface area (Å²) in [6.45, 7) is 2.16. The number of aromatic nitrogens is 3. The van der Waals surface area contributed by atoms with E-state index in [2.05, 4.69) is 20.1 Å². The fraction of sp³-hybridized carbons (Fsp3) is 0.167. The summed E-state index contributed by atoms with van der Waals surface area (Å²) < 4.78 is 28.4. The molecule has 1 amide bonds. The fourth-order valence-electron chi connectivity index (χ4n) is 2.37. The summed E-state index contributed by atoms with van der Waals surface area (Å²) in [6, 6.07) is 13.4. The van der Waals surface area contributed by atoms with Crippen LogP contribution in [-0.4, -0.2) is 42.2 Å². The Kier molecular flexibility index (Phi) is 5.63. The summed E-state index contributed by atoms with van der Waals surface area (Å²) in [4.78, 5) is 16.2. The molecule has 0 unspecified atom stereocenters. The molecule has 1 heterocycles. The lowest BCUT2D eigenvalue weighted by Crippen LogP contribution is -2.34. The van der Waals surface area contributed by atoms with Crippen molar-refractivity contribution >= 4 is 15.9 Å². The molecule has 0 atom stereocenters. The van der Waals surface area contributed by atoms with Gasteiger partial charge in [-0.3, -0.25) is 4.79 Å². The normalized spacial score (nSPS) is 11.3. The molecule has 0 fully saturated rings. The zero-order chi connectivity index (χ0) is 19.3. The van der Waals surface area contributed by atoms with Crippen LogP contribution in [0.1, 0.15) is 15.9 Å². The zero-order valence-corrected chi connectivity index (χ0v) is 15.5. The third kappa shape index (κ3) is 4.78. The van der Waals surface area contributed by atoms with Gasteiger partial charge >= 0.3 is 0 Å². The number of nitrogens with one attached hydrogen (secondary N) is 2. The molecule has 2 N–H and O–H groups in total. The third-order valence-corrected chi connectivity index (χ3v) is 5.32. The van der Waals surface area contributed by atoms with Crippen molar-refractivity contribution in [1.82, 2.24) is 24.8 Å². The summed E-state index contributed by atoms with van der Waals surface area (Å²) in [7, 11) is -3.59. The second-order valence-corrected chi connectivity index (χ2v) is 7.62. The average Bonchev–Trinajstić information content (AvgIpc) is 3.20. The quantitative estimate of drug-likeness (QED) is 0.596. The topological polar surface area (TPSA) is 106 Å². The molecule has 0 saturated heterocycles. The molecule has 140 valence electrons. The van der Waals surface area contributed by atoms with Gasteiger partial charge in [-0.2, -0.15) is 5.10 Å².